The van der Waals surface area contributed by atoms with E-state index in [1.807, 2.05) is 38.1 Å². The molecule has 0 saturated carbocycles. The van der Waals surface area contributed by atoms with E-state index in [1.54, 1.807) is 0 Å². The lowest BCUT2D eigenvalue weighted by molar-refractivity contribution is -0.384. The first-order chi connectivity index (χ1) is 11.9. The normalized spacial score (nSPS) is 10.7. The molecule has 0 unspecified atom stereocenters. The fourth-order valence-corrected chi connectivity index (χ4v) is 2.05. The van der Waals surface area contributed by atoms with Gasteiger partial charge in [-0.3, -0.25) is 14.9 Å². The lowest BCUT2D eigenvalue weighted by atomic mass is 10.1. The van der Waals surface area contributed by atoms with Gasteiger partial charge in [-0.2, -0.15) is 5.26 Å². The smallest absolute Gasteiger partial charge is 0.269 e. The molecule has 0 aliphatic carbocycles. The van der Waals surface area contributed by atoms with E-state index >= 15 is 0 Å². The number of amides is 1. The second kappa shape index (κ2) is 7.75. The number of aryl methyl sites for hydroxylation is 2. The van der Waals surface area contributed by atoms with Gasteiger partial charge in [0.1, 0.15) is 11.6 Å². The van der Waals surface area contributed by atoms with Crippen LogP contribution in [0.5, 0.6) is 0 Å². The molecule has 0 fully saturated rings. The minimum absolute atomic E-state index is 0.0781. The van der Waals surface area contributed by atoms with Gasteiger partial charge in [-0.05, 0) is 43.2 Å². The molecule has 0 spiro atoms. The number of nitrogens with one attached hydrogen (secondary N) is 2. The van der Waals surface area contributed by atoms with Crippen molar-refractivity contribution in [2.75, 3.05) is 10.6 Å². The monoisotopic (exact) mass is 336 g/mol. The number of nitro benzene ring substituents is 1. The van der Waals surface area contributed by atoms with Gasteiger partial charge in [0, 0.05) is 29.7 Å². The quantitative estimate of drug-likeness (QED) is 0.375. The van der Waals surface area contributed by atoms with Gasteiger partial charge in [0.15, 0.2) is 0 Å². The van der Waals surface area contributed by atoms with Crippen molar-refractivity contribution in [3.05, 3.63) is 75.5 Å². The molecule has 1 amide bonds. The number of nitrogens with zero attached hydrogens (tertiary/aromatic N) is 2. The summed E-state index contributed by atoms with van der Waals surface area (Å²) in [6.45, 7) is 3.86. The number of nitriles is 1. The Kier molecular flexibility index (Phi) is 5.48. The highest BCUT2D eigenvalue weighted by molar-refractivity contribution is 6.06. The number of benzene rings is 2. The van der Waals surface area contributed by atoms with Gasteiger partial charge < -0.3 is 10.6 Å². The van der Waals surface area contributed by atoms with E-state index in [0.717, 1.165) is 16.8 Å². The molecular weight excluding hydrogens is 320 g/mol. The number of carbonyl (C=O) groups excluding carboxylic acids is 1. The van der Waals surface area contributed by atoms with E-state index in [9.17, 15) is 20.2 Å². The second-order valence-corrected chi connectivity index (χ2v) is 5.39. The second-order valence-electron chi connectivity index (χ2n) is 5.39. The Labute approximate surface area is 144 Å². The Morgan fingerprint density at radius 2 is 1.88 bits per heavy atom. The molecular formula is C18H16N4O3. The summed E-state index contributed by atoms with van der Waals surface area (Å²) >= 11 is 0. The fraction of sp³-hybridized carbons (Fsp3) is 0.111. The molecule has 2 aromatic rings. The molecule has 0 aliphatic rings. The molecule has 0 radical (unpaired) electrons. The van der Waals surface area contributed by atoms with Crippen molar-refractivity contribution < 1.29 is 9.72 Å². The van der Waals surface area contributed by atoms with Crippen LogP contribution in [0.25, 0.3) is 0 Å². The number of hydrogen-bond donors (Lipinski definition) is 2. The average molecular weight is 336 g/mol. The van der Waals surface area contributed by atoms with Gasteiger partial charge in [-0.1, -0.05) is 12.1 Å². The van der Waals surface area contributed by atoms with Gasteiger partial charge in [-0.25, -0.2) is 0 Å². The third-order valence-electron chi connectivity index (χ3n) is 3.47. The van der Waals surface area contributed by atoms with Crippen LogP contribution in [0.4, 0.5) is 17.1 Å². The Bertz CT molecular complexity index is 880. The van der Waals surface area contributed by atoms with Gasteiger partial charge >= 0.3 is 0 Å². The van der Waals surface area contributed by atoms with Crippen molar-refractivity contribution in [2.45, 2.75) is 13.8 Å². The first-order valence-electron chi connectivity index (χ1n) is 7.40. The third-order valence-corrected chi connectivity index (χ3v) is 3.47. The molecule has 25 heavy (non-hydrogen) atoms. The zero-order valence-corrected chi connectivity index (χ0v) is 13.7. The molecule has 0 aliphatic heterocycles. The number of rotatable bonds is 5. The number of anilines is 2. The summed E-state index contributed by atoms with van der Waals surface area (Å²) < 4.78 is 0. The van der Waals surface area contributed by atoms with Crippen LogP contribution >= 0.6 is 0 Å². The Hall–Kier alpha value is -3.66. The van der Waals surface area contributed by atoms with Crippen molar-refractivity contribution in [1.29, 1.82) is 5.26 Å². The highest BCUT2D eigenvalue weighted by Gasteiger charge is 2.11. The predicted molar refractivity (Wildman–Crippen MR) is 95.0 cm³/mol. The fourth-order valence-electron chi connectivity index (χ4n) is 2.05. The topological polar surface area (TPSA) is 108 Å². The highest BCUT2D eigenvalue weighted by Crippen LogP contribution is 2.18. The SMILES string of the molecule is Cc1ccc(C)c(N/C=C(/C#N)C(=O)Nc2ccc([N+](=O)[O-])cc2)c1. The molecule has 2 rings (SSSR count). The van der Waals surface area contributed by atoms with Crippen LogP contribution in [-0.4, -0.2) is 10.8 Å². The molecule has 0 aromatic heterocycles. The summed E-state index contributed by atoms with van der Waals surface area (Å²) in [5, 5.41) is 25.3. The van der Waals surface area contributed by atoms with E-state index < -0.39 is 10.8 Å². The van der Waals surface area contributed by atoms with Crippen molar-refractivity contribution in [1.82, 2.24) is 0 Å². The maximum Gasteiger partial charge on any atom is 0.269 e. The third kappa shape index (κ3) is 4.65. The standard InChI is InChI=1S/C18H16N4O3/c1-12-3-4-13(2)17(9-12)20-11-14(10-19)18(23)21-15-5-7-16(8-6-15)22(24)25/h3-9,11,20H,1-2H3,(H,21,23)/b14-11-. The van der Waals surface area contributed by atoms with Crippen LogP contribution in [0.1, 0.15) is 11.1 Å². The van der Waals surface area contributed by atoms with Gasteiger partial charge in [0.2, 0.25) is 0 Å². The summed E-state index contributed by atoms with van der Waals surface area (Å²) in [5.41, 5.74) is 3.01. The molecule has 2 N–H and O–H groups in total. The number of hydrogen-bond acceptors (Lipinski definition) is 5. The van der Waals surface area contributed by atoms with Crippen molar-refractivity contribution in [3.8, 4) is 6.07 Å². The lowest BCUT2D eigenvalue weighted by Gasteiger charge is -2.08. The van der Waals surface area contributed by atoms with Crippen LogP contribution in [0.3, 0.4) is 0 Å². The summed E-state index contributed by atoms with van der Waals surface area (Å²) in [6.07, 6.45) is 1.34. The molecule has 2 aromatic carbocycles. The molecule has 0 atom stereocenters. The molecule has 0 heterocycles. The Balaban J connectivity index is 2.11. The van der Waals surface area contributed by atoms with Crippen molar-refractivity contribution >= 4 is 23.0 Å². The lowest BCUT2D eigenvalue weighted by Crippen LogP contribution is -2.14. The maximum atomic E-state index is 12.2. The van der Waals surface area contributed by atoms with Gasteiger partial charge in [0.05, 0.1) is 4.92 Å². The number of nitro groups is 1. The number of carbonyl (C=O) groups is 1. The van der Waals surface area contributed by atoms with Crippen LogP contribution in [-0.2, 0) is 4.79 Å². The van der Waals surface area contributed by atoms with Crippen LogP contribution < -0.4 is 10.6 Å². The minimum atomic E-state index is -0.603. The van der Waals surface area contributed by atoms with Crippen LogP contribution in [0, 0.1) is 35.3 Å². The van der Waals surface area contributed by atoms with Crippen LogP contribution in [0.2, 0.25) is 0 Å². The predicted octanol–water partition coefficient (Wildman–Crippen LogP) is 3.67. The van der Waals surface area contributed by atoms with Gasteiger partial charge in [-0.15, -0.1) is 0 Å². The summed E-state index contributed by atoms with van der Waals surface area (Å²) in [5.74, 6) is -0.603. The van der Waals surface area contributed by atoms with E-state index in [-0.39, 0.29) is 11.3 Å². The average Bonchev–Trinajstić information content (AvgIpc) is 2.58. The molecule has 7 nitrogen and oxygen atoms in total. The zero-order valence-electron chi connectivity index (χ0n) is 13.7. The van der Waals surface area contributed by atoms with Gasteiger partial charge in [0.25, 0.3) is 11.6 Å². The molecule has 0 bridgehead atoms. The van der Waals surface area contributed by atoms with E-state index in [0.29, 0.717) is 5.69 Å². The minimum Gasteiger partial charge on any atom is -0.360 e. The Morgan fingerprint density at radius 3 is 2.48 bits per heavy atom. The zero-order chi connectivity index (χ0) is 18.4. The van der Waals surface area contributed by atoms with E-state index in [1.165, 1.54) is 30.5 Å². The highest BCUT2D eigenvalue weighted by atomic mass is 16.6. The molecule has 126 valence electrons. The Morgan fingerprint density at radius 1 is 1.20 bits per heavy atom. The first-order valence-corrected chi connectivity index (χ1v) is 7.40. The molecule has 7 heteroatoms. The van der Waals surface area contributed by atoms with Crippen molar-refractivity contribution in [3.63, 3.8) is 0 Å². The first kappa shape index (κ1) is 17.7. The summed E-state index contributed by atoms with van der Waals surface area (Å²) in [6, 6.07) is 13.0. The van der Waals surface area contributed by atoms with E-state index in [4.69, 9.17) is 0 Å². The maximum absolute atomic E-state index is 12.2. The van der Waals surface area contributed by atoms with Crippen LogP contribution in [0.15, 0.2) is 54.2 Å². The molecule has 0 saturated heterocycles. The van der Waals surface area contributed by atoms with Crippen molar-refractivity contribution in [2.24, 2.45) is 0 Å². The van der Waals surface area contributed by atoms with E-state index in [2.05, 4.69) is 10.6 Å². The summed E-state index contributed by atoms with van der Waals surface area (Å²) in [4.78, 5) is 22.3. The summed E-state index contributed by atoms with van der Waals surface area (Å²) in [7, 11) is 0. The largest absolute Gasteiger partial charge is 0.360 e. The number of non-ortho nitro benzene ring substituents is 1.